The number of benzene rings is 1. The molecule has 24 heavy (non-hydrogen) atoms. The van der Waals surface area contributed by atoms with Gasteiger partial charge in [-0.3, -0.25) is 4.79 Å². The summed E-state index contributed by atoms with van der Waals surface area (Å²) in [5.41, 5.74) is 1.02. The van der Waals surface area contributed by atoms with E-state index in [4.69, 9.17) is 4.74 Å². The number of anilines is 1. The number of nitrogens with one attached hydrogen (secondary N) is 1. The van der Waals surface area contributed by atoms with Crippen LogP contribution < -0.4 is 5.32 Å². The third-order valence-corrected chi connectivity index (χ3v) is 5.43. The van der Waals surface area contributed by atoms with Gasteiger partial charge in [0.15, 0.2) is 0 Å². The van der Waals surface area contributed by atoms with Crippen LogP contribution in [0.25, 0.3) is 0 Å². The number of fused-ring (bicyclic) bond motifs is 3. The van der Waals surface area contributed by atoms with E-state index < -0.39 is 11.0 Å². The quantitative estimate of drug-likeness (QED) is 0.795. The highest BCUT2D eigenvalue weighted by Gasteiger charge is 2.57. The van der Waals surface area contributed by atoms with Gasteiger partial charge >= 0.3 is 6.09 Å². The van der Waals surface area contributed by atoms with E-state index in [1.807, 2.05) is 49.9 Å². The van der Waals surface area contributed by atoms with Gasteiger partial charge in [-0.1, -0.05) is 18.2 Å². The van der Waals surface area contributed by atoms with Crippen molar-refractivity contribution in [1.82, 2.24) is 4.90 Å². The number of ether oxygens (including phenoxy) is 1. The maximum absolute atomic E-state index is 12.8. The van der Waals surface area contributed by atoms with Crippen molar-refractivity contribution in [2.75, 3.05) is 11.9 Å². The number of hydrogen-bond acceptors (Lipinski definition) is 3. The Balaban J connectivity index is 1.61. The molecular formula is C19H24N2O3. The Kier molecular flexibility index (Phi) is 3.21. The van der Waals surface area contributed by atoms with Gasteiger partial charge in [0.25, 0.3) is 0 Å². The summed E-state index contributed by atoms with van der Waals surface area (Å²) in [7, 11) is 0. The molecule has 128 valence electrons. The van der Waals surface area contributed by atoms with Crippen LogP contribution in [0.5, 0.6) is 0 Å². The summed E-state index contributed by atoms with van der Waals surface area (Å²) in [4.78, 5) is 27.2. The molecule has 3 aliphatic rings. The highest BCUT2D eigenvalue weighted by molar-refractivity contribution is 6.06. The van der Waals surface area contributed by atoms with Crippen LogP contribution >= 0.6 is 0 Å². The zero-order valence-electron chi connectivity index (χ0n) is 14.5. The van der Waals surface area contributed by atoms with Gasteiger partial charge in [0.1, 0.15) is 5.60 Å². The molecule has 2 aliphatic heterocycles. The van der Waals surface area contributed by atoms with Gasteiger partial charge in [-0.15, -0.1) is 0 Å². The molecule has 1 N–H and O–H groups in total. The van der Waals surface area contributed by atoms with Crippen molar-refractivity contribution in [3.05, 3.63) is 29.8 Å². The number of rotatable bonds is 0. The minimum atomic E-state index is -0.497. The van der Waals surface area contributed by atoms with E-state index >= 15 is 0 Å². The van der Waals surface area contributed by atoms with Crippen molar-refractivity contribution in [1.29, 1.82) is 0 Å². The Hall–Kier alpha value is -2.04. The van der Waals surface area contributed by atoms with Crippen LogP contribution in [-0.2, 0) is 14.9 Å². The van der Waals surface area contributed by atoms with E-state index in [1.54, 1.807) is 0 Å². The largest absolute Gasteiger partial charge is 0.444 e. The van der Waals surface area contributed by atoms with E-state index in [9.17, 15) is 9.59 Å². The maximum Gasteiger partial charge on any atom is 0.410 e. The number of hydrogen-bond donors (Lipinski definition) is 1. The molecule has 5 heteroatoms. The standard InChI is InChI=1S/C19H24N2O3/c1-18(2,3)24-17(23)21-9-8-19(11-12-10-15(12)21)13-6-4-5-7-14(13)20-16(19)22/h4-7,12,15H,8-11H2,1-3H3,(H,20,22). The topological polar surface area (TPSA) is 58.6 Å². The van der Waals surface area contributed by atoms with Gasteiger partial charge in [-0.25, -0.2) is 4.79 Å². The van der Waals surface area contributed by atoms with Crippen molar-refractivity contribution in [2.24, 2.45) is 5.92 Å². The molecule has 2 fully saturated rings. The Morgan fingerprint density at radius 3 is 2.83 bits per heavy atom. The summed E-state index contributed by atoms with van der Waals surface area (Å²) in [5.74, 6) is 0.470. The van der Waals surface area contributed by atoms with Crippen LogP contribution in [-0.4, -0.2) is 35.1 Å². The lowest BCUT2D eigenvalue weighted by atomic mass is 9.75. The number of likely N-dealkylation sites (tertiary alicyclic amines) is 1. The van der Waals surface area contributed by atoms with E-state index in [-0.39, 0.29) is 18.0 Å². The first-order valence-electron chi connectivity index (χ1n) is 8.71. The molecule has 1 aromatic rings. The van der Waals surface area contributed by atoms with Gasteiger partial charge in [0.2, 0.25) is 5.91 Å². The van der Waals surface area contributed by atoms with Gasteiger partial charge in [-0.2, -0.15) is 0 Å². The third-order valence-electron chi connectivity index (χ3n) is 5.43. The molecule has 3 unspecified atom stereocenters. The summed E-state index contributed by atoms with van der Waals surface area (Å²) in [5, 5.41) is 3.03. The average Bonchev–Trinajstić information content (AvgIpc) is 3.17. The Morgan fingerprint density at radius 1 is 1.33 bits per heavy atom. The summed E-state index contributed by atoms with van der Waals surface area (Å²) in [6, 6.07) is 8.17. The minimum Gasteiger partial charge on any atom is -0.444 e. The van der Waals surface area contributed by atoms with Gasteiger partial charge in [-0.05, 0) is 57.6 Å². The zero-order chi connectivity index (χ0) is 17.1. The first-order valence-corrected chi connectivity index (χ1v) is 8.71. The van der Waals surface area contributed by atoms with Crippen LogP contribution in [0.3, 0.4) is 0 Å². The first-order chi connectivity index (χ1) is 11.3. The number of amides is 2. The Labute approximate surface area is 142 Å². The molecule has 0 bridgehead atoms. The predicted octanol–water partition coefficient (Wildman–Crippen LogP) is 3.30. The van der Waals surface area contributed by atoms with Gasteiger partial charge in [0.05, 0.1) is 5.41 Å². The molecule has 1 saturated carbocycles. The number of nitrogens with zero attached hydrogens (tertiary/aromatic N) is 1. The molecule has 0 radical (unpaired) electrons. The molecular weight excluding hydrogens is 304 g/mol. The van der Waals surface area contributed by atoms with E-state index in [0.29, 0.717) is 18.9 Å². The van der Waals surface area contributed by atoms with Crippen LogP contribution in [0.4, 0.5) is 10.5 Å². The molecule has 1 aromatic carbocycles. The van der Waals surface area contributed by atoms with Crippen molar-refractivity contribution in [3.8, 4) is 0 Å². The second-order valence-corrected chi connectivity index (χ2v) is 8.27. The van der Waals surface area contributed by atoms with Crippen molar-refractivity contribution < 1.29 is 14.3 Å². The van der Waals surface area contributed by atoms with Crippen molar-refractivity contribution in [3.63, 3.8) is 0 Å². The molecule has 2 heterocycles. The van der Waals surface area contributed by atoms with Crippen LogP contribution in [0.2, 0.25) is 0 Å². The number of para-hydroxylation sites is 1. The normalized spacial score (nSPS) is 31.1. The van der Waals surface area contributed by atoms with E-state index in [2.05, 4.69) is 5.32 Å². The lowest BCUT2D eigenvalue weighted by molar-refractivity contribution is -0.121. The fourth-order valence-electron chi connectivity index (χ4n) is 4.23. The van der Waals surface area contributed by atoms with Crippen LogP contribution in [0.15, 0.2) is 24.3 Å². The molecule has 5 nitrogen and oxygen atoms in total. The van der Waals surface area contributed by atoms with Crippen LogP contribution in [0, 0.1) is 5.92 Å². The number of carbonyl (C=O) groups excluding carboxylic acids is 2. The highest BCUT2D eigenvalue weighted by Crippen LogP contribution is 2.53. The van der Waals surface area contributed by atoms with Crippen LogP contribution in [0.1, 0.15) is 45.6 Å². The fourth-order valence-corrected chi connectivity index (χ4v) is 4.23. The number of carbonyl (C=O) groups is 2. The SMILES string of the molecule is CC(C)(C)OC(=O)N1CCC2(CC3CC31)C(=O)Nc1ccccc12. The van der Waals surface area contributed by atoms with E-state index in [1.165, 1.54) is 0 Å². The second kappa shape index (κ2) is 4.98. The molecule has 3 atom stereocenters. The predicted molar refractivity (Wildman–Crippen MR) is 90.8 cm³/mol. The zero-order valence-corrected chi connectivity index (χ0v) is 14.5. The highest BCUT2D eigenvalue weighted by atomic mass is 16.6. The first kappa shape index (κ1) is 15.5. The summed E-state index contributed by atoms with van der Waals surface area (Å²) in [6.45, 7) is 6.22. The summed E-state index contributed by atoms with van der Waals surface area (Å²) < 4.78 is 5.56. The summed E-state index contributed by atoms with van der Waals surface area (Å²) >= 11 is 0. The summed E-state index contributed by atoms with van der Waals surface area (Å²) in [6.07, 6.45) is 2.19. The Morgan fingerprint density at radius 2 is 2.08 bits per heavy atom. The van der Waals surface area contributed by atoms with Crippen molar-refractivity contribution in [2.45, 2.75) is 57.1 Å². The van der Waals surface area contributed by atoms with Crippen molar-refractivity contribution >= 4 is 17.7 Å². The smallest absolute Gasteiger partial charge is 0.410 e. The monoisotopic (exact) mass is 328 g/mol. The fraction of sp³-hybridized carbons (Fsp3) is 0.579. The maximum atomic E-state index is 12.8. The lowest BCUT2D eigenvalue weighted by Crippen LogP contribution is -2.41. The minimum absolute atomic E-state index is 0.0837. The van der Waals surface area contributed by atoms with E-state index in [0.717, 1.165) is 24.1 Å². The second-order valence-electron chi connectivity index (χ2n) is 8.27. The molecule has 1 spiro atoms. The third kappa shape index (κ3) is 2.38. The molecule has 4 rings (SSSR count). The van der Waals surface area contributed by atoms with Gasteiger partial charge < -0.3 is 15.0 Å². The molecule has 2 amide bonds. The molecule has 0 aromatic heterocycles. The lowest BCUT2D eigenvalue weighted by Gasteiger charge is -2.29. The Bertz CT molecular complexity index is 709. The van der Waals surface area contributed by atoms with Gasteiger partial charge in [0, 0.05) is 18.3 Å². The molecule has 1 aliphatic carbocycles. The molecule has 1 saturated heterocycles. The average molecular weight is 328 g/mol.